The average Bonchev–Trinajstić information content (AvgIpc) is 3.04. The van der Waals surface area contributed by atoms with Gasteiger partial charge in [-0.25, -0.2) is 4.79 Å². The van der Waals surface area contributed by atoms with E-state index in [9.17, 15) is 9.59 Å². The molecule has 0 saturated carbocycles. The molecule has 2 aromatic heterocycles. The third-order valence-electron chi connectivity index (χ3n) is 3.24. The maximum absolute atomic E-state index is 12.1. The molecule has 0 aliphatic heterocycles. The van der Waals surface area contributed by atoms with Gasteiger partial charge in [-0.15, -0.1) is 0 Å². The molecular weight excluding hydrogens is 272 g/mol. The van der Waals surface area contributed by atoms with E-state index >= 15 is 0 Å². The lowest BCUT2D eigenvalue weighted by Gasteiger charge is -2.05. The number of anilines is 1. The average molecular weight is 286 g/mol. The van der Waals surface area contributed by atoms with Crippen molar-refractivity contribution in [1.29, 1.82) is 0 Å². The molecule has 1 amide bonds. The van der Waals surface area contributed by atoms with Crippen LogP contribution < -0.4 is 11.1 Å². The molecule has 1 aromatic carbocycles. The Bertz CT molecular complexity index is 843. The van der Waals surface area contributed by atoms with Gasteiger partial charge >= 0.3 is 5.76 Å². The number of hydrogen-bond donors (Lipinski definition) is 2. The molecule has 3 rings (SSSR count). The first kappa shape index (κ1) is 13.2. The molecule has 0 aliphatic carbocycles. The molecule has 0 aliphatic rings. The van der Waals surface area contributed by atoms with Crippen molar-refractivity contribution in [2.75, 3.05) is 5.32 Å². The number of benzene rings is 1. The standard InChI is InChI=1S/C14H14N4O3/c1-2-9-7-15-17-13(9)16-12(19)8-18-10-5-3-4-6-11(10)21-14(18)20/h3-7H,2,8H2,1H3,(H2,15,16,17,19). The number of H-pyrrole nitrogens is 1. The summed E-state index contributed by atoms with van der Waals surface area (Å²) in [6.45, 7) is 1.85. The monoisotopic (exact) mass is 286 g/mol. The van der Waals surface area contributed by atoms with Crippen molar-refractivity contribution in [3.63, 3.8) is 0 Å². The molecule has 0 radical (unpaired) electrons. The van der Waals surface area contributed by atoms with E-state index in [1.54, 1.807) is 30.5 Å². The van der Waals surface area contributed by atoms with Crippen LogP contribution in [0.5, 0.6) is 0 Å². The van der Waals surface area contributed by atoms with E-state index in [-0.39, 0.29) is 12.5 Å². The highest BCUT2D eigenvalue weighted by Gasteiger charge is 2.13. The van der Waals surface area contributed by atoms with Crippen molar-refractivity contribution in [2.45, 2.75) is 19.9 Å². The van der Waals surface area contributed by atoms with Crippen LogP contribution in [0.1, 0.15) is 12.5 Å². The number of aromatic nitrogens is 3. The summed E-state index contributed by atoms with van der Waals surface area (Å²) in [5.74, 6) is -0.308. The van der Waals surface area contributed by atoms with Crippen LogP contribution >= 0.6 is 0 Å². The van der Waals surface area contributed by atoms with E-state index in [4.69, 9.17) is 4.42 Å². The number of aryl methyl sites for hydroxylation is 1. The summed E-state index contributed by atoms with van der Waals surface area (Å²) in [4.78, 5) is 23.9. The van der Waals surface area contributed by atoms with Crippen LogP contribution in [0.4, 0.5) is 5.82 Å². The van der Waals surface area contributed by atoms with E-state index in [0.717, 1.165) is 12.0 Å². The fraction of sp³-hybridized carbons (Fsp3) is 0.214. The minimum Gasteiger partial charge on any atom is -0.408 e. The number of fused-ring (bicyclic) bond motifs is 1. The molecule has 108 valence electrons. The van der Waals surface area contributed by atoms with Crippen LogP contribution in [0.25, 0.3) is 11.1 Å². The molecular formula is C14H14N4O3. The van der Waals surface area contributed by atoms with Gasteiger partial charge in [-0.05, 0) is 18.6 Å². The molecule has 7 heteroatoms. The molecule has 0 saturated heterocycles. The number of nitrogens with one attached hydrogen (secondary N) is 2. The molecule has 0 unspecified atom stereocenters. The Hall–Kier alpha value is -2.83. The molecule has 0 bridgehead atoms. The predicted octanol–water partition coefficient (Wildman–Crippen LogP) is 1.52. The lowest BCUT2D eigenvalue weighted by atomic mass is 10.2. The lowest BCUT2D eigenvalue weighted by molar-refractivity contribution is -0.116. The highest BCUT2D eigenvalue weighted by atomic mass is 16.4. The van der Waals surface area contributed by atoms with Gasteiger partial charge in [-0.3, -0.25) is 14.5 Å². The Morgan fingerprint density at radius 2 is 2.24 bits per heavy atom. The number of para-hydroxylation sites is 2. The van der Waals surface area contributed by atoms with E-state index in [2.05, 4.69) is 15.5 Å². The number of carbonyl (C=O) groups is 1. The topological polar surface area (TPSA) is 92.9 Å². The third kappa shape index (κ3) is 2.45. The van der Waals surface area contributed by atoms with Gasteiger partial charge in [0.1, 0.15) is 12.4 Å². The molecule has 2 heterocycles. The molecule has 0 spiro atoms. The van der Waals surface area contributed by atoms with Gasteiger partial charge < -0.3 is 9.73 Å². The summed E-state index contributed by atoms with van der Waals surface area (Å²) in [6.07, 6.45) is 2.41. The molecule has 21 heavy (non-hydrogen) atoms. The highest BCUT2D eigenvalue weighted by Crippen LogP contribution is 2.13. The maximum atomic E-state index is 12.1. The van der Waals surface area contributed by atoms with Crippen molar-refractivity contribution in [3.05, 3.63) is 46.6 Å². The Morgan fingerprint density at radius 1 is 1.43 bits per heavy atom. The number of nitrogens with zero attached hydrogens (tertiary/aromatic N) is 2. The highest BCUT2D eigenvalue weighted by molar-refractivity contribution is 5.91. The molecule has 7 nitrogen and oxygen atoms in total. The fourth-order valence-electron chi connectivity index (χ4n) is 2.17. The van der Waals surface area contributed by atoms with Crippen LogP contribution in [0.3, 0.4) is 0 Å². The Morgan fingerprint density at radius 3 is 3.05 bits per heavy atom. The second-order valence-electron chi connectivity index (χ2n) is 4.59. The second-order valence-corrected chi connectivity index (χ2v) is 4.59. The van der Waals surface area contributed by atoms with Crippen molar-refractivity contribution in [2.24, 2.45) is 0 Å². The van der Waals surface area contributed by atoms with Gasteiger partial charge in [0.25, 0.3) is 0 Å². The maximum Gasteiger partial charge on any atom is 0.420 e. The number of carbonyl (C=O) groups excluding carboxylic acids is 1. The third-order valence-corrected chi connectivity index (χ3v) is 3.24. The lowest BCUT2D eigenvalue weighted by Crippen LogP contribution is -2.25. The molecule has 2 N–H and O–H groups in total. The summed E-state index contributed by atoms with van der Waals surface area (Å²) in [5, 5.41) is 9.32. The normalized spacial score (nSPS) is 10.9. The number of aromatic amines is 1. The Labute approximate surface area is 119 Å². The van der Waals surface area contributed by atoms with Crippen LogP contribution in [-0.4, -0.2) is 20.7 Å². The first-order valence-electron chi connectivity index (χ1n) is 6.59. The first-order chi connectivity index (χ1) is 10.2. The van der Waals surface area contributed by atoms with Gasteiger partial charge in [0, 0.05) is 5.56 Å². The predicted molar refractivity (Wildman–Crippen MR) is 77.1 cm³/mol. The first-order valence-corrected chi connectivity index (χ1v) is 6.59. The zero-order valence-corrected chi connectivity index (χ0v) is 11.4. The summed E-state index contributed by atoms with van der Waals surface area (Å²) in [5.41, 5.74) is 1.97. The van der Waals surface area contributed by atoms with Gasteiger partial charge in [-0.1, -0.05) is 19.1 Å². The van der Waals surface area contributed by atoms with E-state index in [0.29, 0.717) is 16.9 Å². The van der Waals surface area contributed by atoms with Crippen LogP contribution in [0.15, 0.2) is 39.7 Å². The van der Waals surface area contributed by atoms with Crippen molar-refractivity contribution >= 4 is 22.8 Å². The smallest absolute Gasteiger partial charge is 0.408 e. The number of rotatable bonds is 4. The van der Waals surface area contributed by atoms with Crippen molar-refractivity contribution in [3.8, 4) is 0 Å². The Balaban J connectivity index is 1.84. The van der Waals surface area contributed by atoms with Crippen LogP contribution in [-0.2, 0) is 17.8 Å². The van der Waals surface area contributed by atoms with Gasteiger partial charge in [0.2, 0.25) is 5.91 Å². The molecule has 0 atom stereocenters. The van der Waals surface area contributed by atoms with Gasteiger partial charge in [-0.2, -0.15) is 5.10 Å². The SMILES string of the molecule is CCc1cn[nH]c1NC(=O)Cn1c(=O)oc2ccccc21. The minimum absolute atomic E-state index is 0.113. The summed E-state index contributed by atoms with van der Waals surface area (Å²) in [6, 6.07) is 6.99. The fourth-order valence-corrected chi connectivity index (χ4v) is 2.17. The largest absolute Gasteiger partial charge is 0.420 e. The van der Waals surface area contributed by atoms with Gasteiger partial charge in [0.15, 0.2) is 5.58 Å². The van der Waals surface area contributed by atoms with E-state index < -0.39 is 5.76 Å². The van der Waals surface area contributed by atoms with Gasteiger partial charge in [0.05, 0.1) is 11.7 Å². The van der Waals surface area contributed by atoms with Crippen LogP contribution in [0.2, 0.25) is 0 Å². The van der Waals surface area contributed by atoms with Crippen molar-refractivity contribution < 1.29 is 9.21 Å². The molecule has 3 aromatic rings. The number of oxazole rings is 1. The summed E-state index contributed by atoms with van der Waals surface area (Å²) >= 11 is 0. The summed E-state index contributed by atoms with van der Waals surface area (Å²) < 4.78 is 6.39. The minimum atomic E-state index is -0.549. The van der Waals surface area contributed by atoms with Crippen LogP contribution in [0, 0.1) is 0 Å². The van der Waals surface area contributed by atoms with E-state index in [1.165, 1.54) is 4.57 Å². The van der Waals surface area contributed by atoms with Crippen molar-refractivity contribution in [1.82, 2.24) is 14.8 Å². The summed E-state index contributed by atoms with van der Waals surface area (Å²) in [7, 11) is 0. The number of hydrogen-bond acceptors (Lipinski definition) is 4. The Kier molecular flexibility index (Phi) is 3.31. The van der Waals surface area contributed by atoms with E-state index in [1.807, 2.05) is 6.92 Å². The quantitative estimate of drug-likeness (QED) is 0.760. The number of amides is 1. The molecule has 0 fully saturated rings. The second kappa shape index (κ2) is 5.28. The zero-order valence-electron chi connectivity index (χ0n) is 11.4. The zero-order chi connectivity index (χ0) is 14.8.